The van der Waals surface area contributed by atoms with Crippen LogP contribution in [0.2, 0.25) is 0 Å². The van der Waals surface area contributed by atoms with Crippen LogP contribution >= 0.6 is 0 Å². The average Bonchev–Trinajstić information content (AvgIpc) is 2.27. The summed E-state index contributed by atoms with van der Waals surface area (Å²) in [5, 5.41) is 0. The molecule has 0 radical (unpaired) electrons. The maximum absolute atomic E-state index is 11.0. The van der Waals surface area contributed by atoms with Gasteiger partial charge in [-0.2, -0.15) is 0 Å². The predicted molar refractivity (Wildman–Crippen MR) is 59.3 cm³/mol. The fourth-order valence-electron chi connectivity index (χ4n) is 1.16. The van der Waals surface area contributed by atoms with Crippen molar-refractivity contribution in [3.63, 3.8) is 0 Å². The average molecular weight is 202 g/mol. The second-order valence-corrected chi connectivity index (χ2v) is 3.02. The smallest absolute Gasteiger partial charge is 0.384 e. The molecule has 78 valence electrons. The molecular formula is C13H14O2. The lowest BCUT2D eigenvalue weighted by atomic mass is 10.1. The molecule has 1 aromatic carbocycles. The Balaban J connectivity index is 2.75. The van der Waals surface area contributed by atoms with Crippen molar-refractivity contribution in [2.24, 2.45) is 0 Å². The first-order valence-electron chi connectivity index (χ1n) is 5.04. The molecule has 1 aromatic rings. The highest BCUT2D eigenvalue weighted by Crippen LogP contribution is 2.04. The highest BCUT2D eigenvalue weighted by molar-refractivity contribution is 5.89. The number of hydrogen-bond acceptors (Lipinski definition) is 2. The summed E-state index contributed by atoms with van der Waals surface area (Å²) >= 11 is 0. The zero-order valence-electron chi connectivity index (χ0n) is 9.04. The van der Waals surface area contributed by atoms with Gasteiger partial charge in [-0.05, 0) is 31.0 Å². The Morgan fingerprint density at radius 1 is 1.40 bits per heavy atom. The summed E-state index contributed by atoms with van der Waals surface area (Å²) in [5.41, 5.74) is 2.06. The van der Waals surface area contributed by atoms with Gasteiger partial charge >= 0.3 is 5.97 Å². The fraction of sp³-hybridized carbons (Fsp3) is 0.308. The highest BCUT2D eigenvalue weighted by atomic mass is 16.5. The SMILES string of the molecule is CCOC(=O)C#Cc1cccc(CC)c1. The number of ether oxygens (including phenoxy) is 1. The lowest BCUT2D eigenvalue weighted by Crippen LogP contribution is -1.99. The van der Waals surface area contributed by atoms with Crippen LogP contribution in [0, 0.1) is 11.8 Å². The minimum absolute atomic E-state index is 0.364. The van der Waals surface area contributed by atoms with Gasteiger partial charge in [0, 0.05) is 11.5 Å². The van der Waals surface area contributed by atoms with Crippen LogP contribution in [0.4, 0.5) is 0 Å². The number of hydrogen-bond donors (Lipinski definition) is 0. The second kappa shape index (κ2) is 5.87. The Bertz CT molecular complexity index is 396. The standard InChI is InChI=1S/C13H14O2/c1-3-11-6-5-7-12(10-11)8-9-13(14)15-4-2/h5-7,10H,3-4H2,1-2H3. The van der Waals surface area contributed by atoms with Crippen LogP contribution in [0.5, 0.6) is 0 Å². The predicted octanol–water partition coefficient (Wildman–Crippen LogP) is 2.16. The zero-order valence-corrected chi connectivity index (χ0v) is 9.04. The normalized spacial score (nSPS) is 8.93. The van der Waals surface area contributed by atoms with Gasteiger partial charge < -0.3 is 4.74 Å². The third-order valence-electron chi connectivity index (χ3n) is 1.92. The van der Waals surface area contributed by atoms with E-state index in [-0.39, 0.29) is 0 Å². The van der Waals surface area contributed by atoms with Crippen molar-refractivity contribution in [1.29, 1.82) is 0 Å². The van der Waals surface area contributed by atoms with Crippen molar-refractivity contribution in [1.82, 2.24) is 0 Å². The van der Waals surface area contributed by atoms with Crippen molar-refractivity contribution in [3.8, 4) is 11.8 Å². The molecule has 0 fully saturated rings. The highest BCUT2D eigenvalue weighted by Gasteiger charge is 1.94. The molecule has 0 saturated carbocycles. The van der Waals surface area contributed by atoms with Gasteiger partial charge in [0.1, 0.15) is 0 Å². The minimum Gasteiger partial charge on any atom is -0.456 e. The molecule has 0 atom stereocenters. The third-order valence-corrected chi connectivity index (χ3v) is 1.92. The first-order chi connectivity index (χ1) is 7.26. The molecule has 0 bridgehead atoms. The second-order valence-electron chi connectivity index (χ2n) is 3.02. The number of esters is 1. The number of carbonyl (C=O) groups excluding carboxylic acids is 1. The van der Waals surface area contributed by atoms with Crippen molar-refractivity contribution < 1.29 is 9.53 Å². The summed E-state index contributed by atoms with van der Waals surface area (Å²) in [6.45, 7) is 4.21. The Morgan fingerprint density at radius 3 is 2.87 bits per heavy atom. The summed E-state index contributed by atoms with van der Waals surface area (Å²) in [6, 6.07) is 7.83. The Kier molecular flexibility index (Phi) is 4.43. The molecular weight excluding hydrogens is 188 g/mol. The molecule has 2 heteroatoms. The van der Waals surface area contributed by atoms with Gasteiger partial charge in [0.25, 0.3) is 0 Å². The van der Waals surface area contributed by atoms with Crippen LogP contribution in [0.3, 0.4) is 0 Å². The molecule has 0 spiro atoms. The monoisotopic (exact) mass is 202 g/mol. The molecule has 0 saturated heterocycles. The van der Waals surface area contributed by atoms with Crippen molar-refractivity contribution in [2.45, 2.75) is 20.3 Å². The Hall–Kier alpha value is -1.75. The van der Waals surface area contributed by atoms with Gasteiger partial charge in [-0.25, -0.2) is 4.79 Å². The largest absolute Gasteiger partial charge is 0.456 e. The molecule has 0 heterocycles. The molecule has 15 heavy (non-hydrogen) atoms. The van der Waals surface area contributed by atoms with Gasteiger partial charge in [0.2, 0.25) is 0 Å². The zero-order chi connectivity index (χ0) is 11.1. The molecule has 1 rings (SSSR count). The number of rotatable bonds is 2. The van der Waals surface area contributed by atoms with Crippen LogP contribution in [0.15, 0.2) is 24.3 Å². The maximum Gasteiger partial charge on any atom is 0.384 e. The first-order valence-corrected chi connectivity index (χ1v) is 5.04. The summed E-state index contributed by atoms with van der Waals surface area (Å²) in [7, 11) is 0. The lowest BCUT2D eigenvalue weighted by Gasteiger charge is -1.96. The molecule has 0 amide bonds. The molecule has 0 aliphatic heterocycles. The fourth-order valence-corrected chi connectivity index (χ4v) is 1.16. The van der Waals surface area contributed by atoms with Gasteiger partial charge in [-0.3, -0.25) is 0 Å². The van der Waals surface area contributed by atoms with E-state index in [2.05, 4.69) is 18.8 Å². The van der Waals surface area contributed by atoms with E-state index in [0.29, 0.717) is 6.61 Å². The van der Waals surface area contributed by atoms with E-state index in [0.717, 1.165) is 12.0 Å². The molecule has 2 nitrogen and oxygen atoms in total. The number of carbonyl (C=O) groups is 1. The van der Waals surface area contributed by atoms with Crippen LogP contribution in [-0.2, 0) is 16.0 Å². The molecule has 0 aromatic heterocycles. The third kappa shape index (κ3) is 3.86. The summed E-state index contributed by atoms with van der Waals surface area (Å²) < 4.78 is 4.71. The van der Waals surface area contributed by atoms with E-state index >= 15 is 0 Å². The van der Waals surface area contributed by atoms with E-state index < -0.39 is 5.97 Å². The van der Waals surface area contributed by atoms with E-state index in [9.17, 15) is 4.79 Å². The van der Waals surface area contributed by atoms with Crippen LogP contribution in [0.25, 0.3) is 0 Å². The first kappa shape index (κ1) is 11.3. The van der Waals surface area contributed by atoms with Gasteiger partial charge in [0.15, 0.2) is 0 Å². The van der Waals surface area contributed by atoms with E-state index in [4.69, 9.17) is 4.74 Å². The Labute approximate surface area is 90.3 Å². The van der Waals surface area contributed by atoms with Gasteiger partial charge in [0.05, 0.1) is 6.61 Å². The number of benzene rings is 1. The van der Waals surface area contributed by atoms with Crippen molar-refractivity contribution in [3.05, 3.63) is 35.4 Å². The topological polar surface area (TPSA) is 26.3 Å². The quantitative estimate of drug-likeness (QED) is 0.542. The molecule has 0 unspecified atom stereocenters. The molecule has 0 N–H and O–H groups in total. The Morgan fingerprint density at radius 2 is 2.20 bits per heavy atom. The summed E-state index contributed by atoms with van der Waals surface area (Å²) in [6.07, 6.45) is 0.967. The van der Waals surface area contributed by atoms with Crippen LogP contribution < -0.4 is 0 Å². The van der Waals surface area contributed by atoms with E-state index in [1.807, 2.05) is 24.3 Å². The van der Waals surface area contributed by atoms with Crippen molar-refractivity contribution >= 4 is 5.97 Å². The van der Waals surface area contributed by atoms with Crippen molar-refractivity contribution in [2.75, 3.05) is 6.61 Å². The lowest BCUT2D eigenvalue weighted by molar-refractivity contribution is -0.136. The van der Waals surface area contributed by atoms with Crippen LogP contribution in [-0.4, -0.2) is 12.6 Å². The minimum atomic E-state index is -0.473. The summed E-state index contributed by atoms with van der Waals surface area (Å²) in [5.74, 6) is 4.75. The van der Waals surface area contributed by atoms with Crippen LogP contribution in [0.1, 0.15) is 25.0 Å². The number of aryl methyl sites for hydroxylation is 1. The maximum atomic E-state index is 11.0. The molecule has 0 aliphatic carbocycles. The van der Waals surface area contributed by atoms with Gasteiger partial charge in [-0.1, -0.05) is 25.0 Å². The van der Waals surface area contributed by atoms with E-state index in [1.165, 1.54) is 5.56 Å². The molecule has 0 aliphatic rings. The van der Waals surface area contributed by atoms with E-state index in [1.54, 1.807) is 6.92 Å². The van der Waals surface area contributed by atoms with Gasteiger partial charge in [-0.15, -0.1) is 0 Å². The summed E-state index contributed by atoms with van der Waals surface area (Å²) in [4.78, 5) is 11.0.